The van der Waals surface area contributed by atoms with Crippen LogP contribution >= 0.6 is 0 Å². The highest BCUT2D eigenvalue weighted by Gasteiger charge is 2.39. The highest BCUT2D eigenvalue weighted by molar-refractivity contribution is 4.93. The summed E-state index contributed by atoms with van der Waals surface area (Å²) in [7, 11) is 2.20. The van der Waals surface area contributed by atoms with Crippen LogP contribution < -0.4 is 0 Å². The van der Waals surface area contributed by atoms with Gasteiger partial charge >= 0.3 is 0 Å². The number of likely N-dealkylation sites (N-methyl/N-ethyl adjacent to an activating group) is 1. The van der Waals surface area contributed by atoms with Gasteiger partial charge in [-0.05, 0) is 44.1 Å². The summed E-state index contributed by atoms with van der Waals surface area (Å²) in [4.78, 5) is 2.43. The second-order valence-electron chi connectivity index (χ2n) is 6.63. The molecule has 0 amide bonds. The van der Waals surface area contributed by atoms with E-state index in [0.29, 0.717) is 6.04 Å². The summed E-state index contributed by atoms with van der Waals surface area (Å²) >= 11 is 0. The molecule has 2 heteroatoms. The second-order valence-corrected chi connectivity index (χ2v) is 6.63. The van der Waals surface area contributed by atoms with Crippen molar-refractivity contribution in [3.05, 3.63) is 0 Å². The highest BCUT2D eigenvalue weighted by atomic mass is 16.3. The van der Waals surface area contributed by atoms with E-state index >= 15 is 0 Å². The lowest BCUT2D eigenvalue weighted by Crippen LogP contribution is -2.52. The van der Waals surface area contributed by atoms with Gasteiger partial charge in [-0.3, -0.25) is 0 Å². The first-order valence-corrected chi connectivity index (χ1v) is 6.89. The average molecular weight is 225 g/mol. The lowest BCUT2D eigenvalue weighted by Gasteiger charge is -2.46. The summed E-state index contributed by atoms with van der Waals surface area (Å²) < 4.78 is 0. The van der Waals surface area contributed by atoms with Crippen molar-refractivity contribution in [2.45, 2.75) is 64.5 Å². The number of aliphatic hydroxyl groups is 1. The molecule has 2 aliphatic carbocycles. The van der Waals surface area contributed by atoms with Crippen molar-refractivity contribution in [3.8, 4) is 0 Å². The molecule has 0 bridgehead atoms. The largest absolute Gasteiger partial charge is 0.391 e. The Bertz CT molecular complexity index is 235. The molecule has 0 aliphatic heterocycles. The number of rotatable bonds is 3. The van der Waals surface area contributed by atoms with E-state index in [2.05, 4.69) is 25.8 Å². The van der Waals surface area contributed by atoms with Crippen LogP contribution in [0.4, 0.5) is 0 Å². The Labute approximate surface area is 100 Å². The SMILES string of the molecule is CN(CC1CCC1)C1CCCC(C)(C)C1O. The topological polar surface area (TPSA) is 23.5 Å². The first-order chi connectivity index (χ1) is 7.50. The van der Waals surface area contributed by atoms with E-state index < -0.39 is 0 Å². The van der Waals surface area contributed by atoms with Gasteiger partial charge in [-0.15, -0.1) is 0 Å². The Hall–Kier alpha value is -0.0800. The van der Waals surface area contributed by atoms with Crippen LogP contribution in [0, 0.1) is 11.3 Å². The standard InChI is InChI=1S/C14H27NO/c1-14(2)9-5-8-12(13(14)16)15(3)10-11-6-4-7-11/h11-13,16H,4-10H2,1-3H3. The van der Waals surface area contributed by atoms with Crippen LogP contribution in [0.15, 0.2) is 0 Å². The minimum atomic E-state index is -0.147. The monoisotopic (exact) mass is 225 g/mol. The molecule has 2 atom stereocenters. The van der Waals surface area contributed by atoms with Gasteiger partial charge < -0.3 is 10.0 Å². The maximum atomic E-state index is 10.4. The van der Waals surface area contributed by atoms with Crippen LogP contribution in [0.2, 0.25) is 0 Å². The van der Waals surface area contributed by atoms with Crippen molar-refractivity contribution in [1.29, 1.82) is 0 Å². The summed E-state index contributed by atoms with van der Waals surface area (Å²) in [5.74, 6) is 0.905. The molecule has 2 rings (SSSR count). The number of nitrogens with zero attached hydrogens (tertiary/aromatic N) is 1. The molecule has 16 heavy (non-hydrogen) atoms. The van der Waals surface area contributed by atoms with E-state index in [1.54, 1.807) is 0 Å². The average Bonchev–Trinajstić information content (AvgIpc) is 2.15. The zero-order chi connectivity index (χ0) is 11.8. The zero-order valence-electron chi connectivity index (χ0n) is 11.1. The third kappa shape index (κ3) is 2.43. The van der Waals surface area contributed by atoms with Gasteiger partial charge in [0.05, 0.1) is 6.10 Å². The van der Waals surface area contributed by atoms with Crippen molar-refractivity contribution in [2.24, 2.45) is 11.3 Å². The van der Waals surface area contributed by atoms with Gasteiger partial charge in [0, 0.05) is 12.6 Å². The summed E-state index contributed by atoms with van der Waals surface area (Å²) in [6.45, 7) is 5.61. The van der Waals surface area contributed by atoms with Gasteiger partial charge in [0.2, 0.25) is 0 Å². The maximum absolute atomic E-state index is 10.4. The maximum Gasteiger partial charge on any atom is 0.0746 e. The normalized spacial score (nSPS) is 35.1. The van der Waals surface area contributed by atoms with Crippen molar-refractivity contribution < 1.29 is 5.11 Å². The Kier molecular flexibility index (Phi) is 3.60. The van der Waals surface area contributed by atoms with Gasteiger partial charge in [0.15, 0.2) is 0 Å². The smallest absolute Gasteiger partial charge is 0.0746 e. The fourth-order valence-electron chi connectivity index (χ4n) is 3.27. The molecule has 2 aliphatic rings. The van der Waals surface area contributed by atoms with Crippen LogP contribution in [0.5, 0.6) is 0 Å². The van der Waals surface area contributed by atoms with Gasteiger partial charge in [-0.25, -0.2) is 0 Å². The molecule has 0 aromatic heterocycles. The second kappa shape index (κ2) is 4.66. The minimum Gasteiger partial charge on any atom is -0.391 e. The zero-order valence-corrected chi connectivity index (χ0v) is 11.1. The van der Waals surface area contributed by atoms with Gasteiger partial charge in [0.1, 0.15) is 0 Å². The molecule has 2 saturated carbocycles. The number of hydrogen-bond donors (Lipinski definition) is 1. The van der Waals surface area contributed by atoms with Gasteiger partial charge in [0.25, 0.3) is 0 Å². The first kappa shape index (κ1) is 12.4. The summed E-state index contributed by atoms with van der Waals surface area (Å²) in [6.07, 6.45) is 7.68. The number of hydrogen-bond acceptors (Lipinski definition) is 2. The van der Waals surface area contributed by atoms with Crippen molar-refractivity contribution in [2.75, 3.05) is 13.6 Å². The van der Waals surface area contributed by atoms with Gasteiger partial charge in [-0.1, -0.05) is 26.7 Å². The molecule has 1 N–H and O–H groups in total. The molecule has 0 aromatic rings. The van der Waals surface area contributed by atoms with Crippen molar-refractivity contribution in [3.63, 3.8) is 0 Å². The Balaban J connectivity index is 1.91. The fourth-order valence-corrected chi connectivity index (χ4v) is 3.27. The fraction of sp³-hybridized carbons (Fsp3) is 1.00. The van der Waals surface area contributed by atoms with E-state index in [9.17, 15) is 5.11 Å². The number of aliphatic hydroxyl groups excluding tert-OH is 1. The van der Waals surface area contributed by atoms with E-state index in [1.807, 2.05) is 0 Å². The minimum absolute atomic E-state index is 0.108. The molecule has 94 valence electrons. The van der Waals surface area contributed by atoms with Crippen LogP contribution in [-0.4, -0.2) is 35.7 Å². The Morgan fingerprint density at radius 1 is 1.19 bits per heavy atom. The van der Waals surface area contributed by atoms with E-state index in [-0.39, 0.29) is 11.5 Å². The molecule has 0 heterocycles. The third-order valence-corrected chi connectivity index (χ3v) is 4.82. The molecule has 2 unspecified atom stereocenters. The van der Waals surface area contributed by atoms with Crippen LogP contribution in [0.1, 0.15) is 52.4 Å². The molecule has 0 saturated heterocycles. The van der Waals surface area contributed by atoms with Gasteiger partial charge in [-0.2, -0.15) is 0 Å². The molecular formula is C14H27NO. The third-order valence-electron chi connectivity index (χ3n) is 4.82. The molecule has 0 radical (unpaired) electrons. The van der Waals surface area contributed by atoms with Crippen LogP contribution in [0.3, 0.4) is 0 Å². The van der Waals surface area contributed by atoms with Crippen LogP contribution in [-0.2, 0) is 0 Å². The van der Waals surface area contributed by atoms with Crippen LogP contribution in [0.25, 0.3) is 0 Å². The molecule has 0 aromatic carbocycles. The predicted molar refractivity (Wildman–Crippen MR) is 67.4 cm³/mol. The molecule has 2 nitrogen and oxygen atoms in total. The summed E-state index contributed by atoms with van der Waals surface area (Å²) in [6, 6.07) is 0.393. The quantitative estimate of drug-likeness (QED) is 0.798. The Morgan fingerprint density at radius 3 is 2.44 bits per heavy atom. The van der Waals surface area contributed by atoms with E-state index in [0.717, 1.165) is 5.92 Å². The lowest BCUT2D eigenvalue weighted by atomic mass is 9.72. The first-order valence-electron chi connectivity index (χ1n) is 6.89. The predicted octanol–water partition coefficient (Wildman–Crippen LogP) is 2.66. The molecule has 2 fully saturated rings. The summed E-state index contributed by atoms with van der Waals surface area (Å²) in [5.41, 5.74) is 0.108. The summed E-state index contributed by atoms with van der Waals surface area (Å²) in [5, 5.41) is 10.4. The lowest BCUT2D eigenvalue weighted by molar-refractivity contribution is -0.0557. The van der Waals surface area contributed by atoms with E-state index in [1.165, 1.54) is 45.1 Å². The highest BCUT2D eigenvalue weighted by Crippen LogP contribution is 2.38. The van der Waals surface area contributed by atoms with E-state index in [4.69, 9.17) is 0 Å². The molecular weight excluding hydrogens is 198 g/mol. The van der Waals surface area contributed by atoms with Crippen molar-refractivity contribution in [1.82, 2.24) is 4.90 Å². The van der Waals surface area contributed by atoms with Crippen molar-refractivity contribution >= 4 is 0 Å². The Morgan fingerprint density at radius 2 is 1.88 bits per heavy atom. The molecule has 0 spiro atoms.